The normalized spacial score (nSPS) is 18.0. The van der Waals surface area contributed by atoms with Gasteiger partial charge < -0.3 is 24.4 Å². The van der Waals surface area contributed by atoms with Crippen molar-refractivity contribution in [2.75, 3.05) is 7.11 Å². The fraction of sp³-hybridized carbons (Fsp3) is 0.263. The predicted octanol–water partition coefficient (Wildman–Crippen LogP) is 2.23. The van der Waals surface area contributed by atoms with Crippen LogP contribution in [-0.4, -0.2) is 35.0 Å². The molecule has 0 spiro atoms. The van der Waals surface area contributed by atoms with Crippen molar-refractivity contribution in [1.29, 1.82) is 0 Å². The minimum absolute atomic E-state index is 0.00648. The van der Waals surface area contributed by atoms with Gasteiger partial charge in [-0.05, 0) is 17.7 Å². The first-order valence-electron chi connectivity index (χ1n) is 7.86. The molecule has 0 atom stereocenters. The van der Waals surface area contributed by atoms with Crippen molar-refractivity contribution < 1.29 is 34.0 Å². The molecular weight excluding hydrogens is 340 g/mol. The summed E-state index contributed by atoms with van der Waals surface area (Å²) in [6.07, 6.45) is 0. The van der Waals surface area contributed by atoms with Gasteiger partial charge in [0.15, 0.2) is 11.5 Å². The zero-order chi connectivity index (χ0) is 19.1. The standard InChI is InChI=1S/C19H18O7/c1-18(2)25-16(22)19(17(23)26-18,11-7-5-4-6-8-11)12-9-10-13(20)14(21)15(12)24-3/h4-10,20-21H,1-3H3. The Labute approximate surface area is 149 Å². The second kappa shape index (κ2) is 5.94. The molecule has 7 nitrogen and oxygen atoms in total. The molecule has 0 aliphatic carbocycles. The number of carbonyl (C=O) groups excluding carboxylic acids is 2. The van der Waals surface area contributed by atoms with Gasteiger partial charge in [-0.25, -0.2) is 9.59 Å². The van der Waals surface area contributed by atoms with Gasteiger partial charge in [0.05, 0.1) is 7.11 Å². The average molecular weight is 358 g/mol. The Hall–Kier alpha value is -3.22. The summed E-state index contributed by atoms with van der Waals surface area (Å²) in [6, 6.07) is 10.7. The maximum absolute atomic E-state index is 13.1. The second-order valence-electron chi connectivity index (χ2n) is 6.31. The van der Waals surface area contributed by atoms with Crippen molar-refractivity contribution in [1.82, 2.24) is 0 Å². The van der Waals surface area contributed by atoms with Crippen LogP contribution >= 0.6 is 0 Å². The summed E-state index contributed by atoms with van der Waals surface area (Å²) in [5, 5.41) is 19.9. The van der Waals surface area contributed by atoms with Gasteiger partial charge in [0.2, 0.25) is 11.2 Å². The van der Waals surface area contributed by atoms with Gasteiger partial charge in [-0.15, -0.1) is 0 Å². The highest BCUT2D eigenvalue weighted by atomic mass is 16.7. The molecule has 136 valence electrons. The third-order valence-electron chi connectivity index (χ3n) is 4.21. The van der Waals surface area contributed by atoms with Crippen molar-refractivity contribution in [3.63, 3.8) is 0 Å². The van der Waals surface area contributed by atoms with Crippen LogP contribution in [0.15, 0.2) is 42.5 Å². The third kappa shape index (κ3) is 2.44. The maximum Gasteiger partial charge on any atom is 0.336 e. The van der Waals surface area contributed by atoms with E-state index in [0.717, 1.165) is 6.07 Å². The van der Waals surface area contributed by atoms with Crippen LogP contribution in [0.4, 0.5) is 0 Å². The molecular formula is C19H18O7. The maximum atomic E-state index is 13.1. The van der Waals surface area contributed by atoms with E-state index >= 15 is 0 Å². The Morgan fingerprint density at radius 1 is 0.923 bits per heavy atom. The lowest BCUT2D eigenvalue weighted by Crippen LogP contribution is -2.57. The smallest absolute Gasteiger partial charge is 0.336 e. The molecule has 0 aromatic heterocycles. The first-order chi connectivity index (χ1) is 12.2. The molecule has 1 aliphatic rings. The number of phenols is 2. The van der Waals surface area contributed by atoms with Gasteiger partial charge in [-0.3, -0.25) is 0 Å². The van der Waals surface area contributed by atoms with E-state index in [1.165, 1.54) is 27.0 Å². The van der Waals surface area contributed by atoms with Gasteiger partial charge in [-0.2, -0.15) is 0 Å². The number of phenolic OH excluding ortho intramolecular Hbond substituents is 2. The van der Waals surface area contributed by atoms with Crippen molar-refractivity contribution in [2.45, 2.75) is 25.0 Å². The molecule has 0 saturated carbocycles. The van der Waals surface area contributed by atoms with Crippen LogP contribution in [-0.2, 0) is 24.5 Å². The van der Waals surface area contributed by atoms with Gasteiger partial charge in [0, 0.05) is 19.4 Å². The zero-order valence-electron chi connectivity index (χ0n) is 14.5. The first-order valence-corrected chi connectivity index (χ1v) is 7.86. The highest BCUT2D eigenvalue weighted by molar-refractivity contribution is 6.12. The summed E-state index contributed by atoms with van der Waals surface area (Å²) in [4.78, 5) is 26.2. The number of methoxy groups -OCH3 is 1. The van der Waals surface area contributed by atoms with E-state index in [0.29, 0.717) is 0 Å². The number of aromatic hydroxyl groups is 2. The molecule has 1 heterocycles. The lowest BCUT2D eigenvalue weighted by molar-refractivity contribution is -0.240. The Kier molecular flexibility index (Phi) is 4.02. The molecule has 1 saturated heterocycles. The fourth-order valence-corrected chi connectivity index (χ4v) is 3.07. The second-order valence-corrected chi connectivity index (χ2v) is 6.31. The Morgan fingerprint density at radius 2 is 1.50 bits per heavy atom. The lowest BCUT2D eigenvalue weighted by Gasteiger charge is -2.41. The Balaban J connectivity index is 2.37. The monoisotopic (exact) mass is 358 g/mol. The summed E-state index contributed by atoms with van der Waals surface area (Å²) in [5.74, 6) is -4.43. The highest BCUT2D eigenvalue weighted by Crippen LogP contribution is 2.49. The van der Waals surface area contributed by atoms with E-state index in [9.17, 15) is 19.8 Å². The summed E-state index contributed by atoms with van der Waals surface area (Å²) in [6.45, 7) is 2.90. The molecule has 2 aromatic carbocycles. The summed E-state index contributed by atoms with van der Waals surface area (Å²) >= 11 is 0. The largest absolute Gasteiger partial charge is 0.504 e. The van der Waals surface area contributed by atoms with Gasteiger partial charge in [0.1, 0.15) is 0 Å². The van der Waals surface area contributed by atoms with Gasteiger partial charge >= 0.3 is 11.9 Å². The average Bonchev–Trinajstić information content (AvgIpc) is 2.58. The van der Waals surface area contributed by atoms with Crippen LogP contribution in [0.5, 0.6) is 17.2 Å². The van der Waals surface area contributed by atoms with E-state index in [4.69, 9.17) is 14.2 Å². The molecule has 2 N–H and O–H groups in total. The molecule has 2 aromatic rings. The van der Waals surface area contributed by atoms with Crippen molar-refractivity contribution in [2.24, 2.45) is 0 Å². The number of hydrogen-bond acceptors (Lipinski definition) is 7. The number of carbonyl (C=O) groups is 2. The van der Waals surface area contributed by atoms with Crippen LogP contribution < -0.4 is 4.74 Å². The summed E-state index contributed by atoms with van der Waals surface area (Å²) < 4.78 is 15.9. The van der Waals surface area contributed by atoms with Gasteiger partial charge in [-0.1, -0.05) is 30.3 Å². The first kappa shape index (κ1) is 17.6. The third-order valence-corrected chi connectivity index (χ3v) is 4.21. The van der Waals surface area contributed by atoms with Crippen LogP contribution in [0.25, 0.3) is 0 Å². The number of rotatable bonds is 3. The fourth-order valence-electron chi connectivity index (χ4n) is 3.07. The van der Waals surface area contributed by atoms with Gasteiger partial charge in [0.25, 0.3) is 5.79 Å². The van der Waals surface area contributed by atoms with E-state index in [1.807, 2.05) is 0 Å². The predicted molar refractivity (Wildman–Crippen MR) is 89.8 cm³/mol. The highest BCUT2D eigenvalue weighted by Gasteiger charge is 2.60. The molecule has 1 aliphatic heterocycles. The zero-order valence-corrected chi connectivity index (χ0v) is 14.5. The lowest BCUT2D eigenvalue weighted by atomic mass is 9.73. The number of hydrogen-bond donors (Lipinski definition) is 2. The summed E-state index contributed by atoms with van der Waals surface area (Å²) in [5.41, 5.74) is -1.71. The van der Waals surface area contributed by atoms with E-state index < -0.39 is 34.6 Å². The Bertz CT molecular complexity index is 851. The SMILES string of the molecule is COc1c(C2(c3ccccc3)C(=O)OC(C)(C)OC2=O)ccc(O)c1O. The van der Waals surface area contributed by atoms with E-state index in [1.54, 1.807) is 30.3 Å². The number of ether oxygens (including phenoxy) is 3. The molecule has 26 heavy (non-hydrogen) atoms. The van der Waals surface area contributed by atoms with Crippen LogP contribution in [0.3, 0.4) is 0 Å². The molecule has 0 unspecified atom stereocenters. The molecule has 0 bridgehead atoms. The summed E-state index contributed by atoms with van der Waals surface area (Å²) in [7, 11) is 1.25. The molecule has 0 amide bonds. The van der Waals surface area contributed by atoms with Crippen LogP contribution in [0.2, 0.25) is 0 Å². The van der Waals surface area contributed by atoms with Crippen molar-refractivity contribution in [3.05, 3.63) is 53.6 Å². The number of cyclic esters (lactones) is 2. The number of esters is 2. The minimum Gasteiger partial charge on any atom is -0.504 e. The van der Waals surface area contributed by atoms with Crippen molar-refractivity contribution in [3.8, 4) is 17.2 Å². The minimum atomic E-state index is -2.01. The van der Waals surface area contributed by atoms with E-state index in [2.05, 4.69) is 0 Å². The molecule has 1 fully saturated rings. The molecule has 7 heteroatoms. The topological polar surface area (TPSA) is 102 Å². The van der Waals surface area contributed by atoms with Crippen molar-refractivity contribution >= 4 is 11.9 Å². The number of benzene rings is 2. The quantitative estimate of drug-likeness (QED) is 0.493. The molecule has 0 radical (unpaired) electrons. The van der Waals surface area contributed by atoms with Crippen LogP contribution in [0.1, 0.15) is 25.0 Å². The Morgan fingerprint density at radius 3 is 2.04 bits per heavy atom. The van der Waals surface area contributed by atoms with Crippen LogP contribution in [0, 0.1) is 0 Å². The van der Waals surface area contributed by atoms with E-state index in [-0.39, 0.29) is 16.9 Å². The molecule has 3 rings (SSSR count).